The van der Waals surface area contributed by atoms with Crippen molar-refractivity contribution < 1.29 is 23.9 Å². The molecule has 32 heavy (non-hydrogen) atoms. The van der Waals surface area contributed by atoms with Gasteiger partial charge in [-0.25, -0.2) is 0 Å². The topological polar surface area (TPSA) is 69.7 Å². The van der Waals surface area contributed by atoms with Gasteiger partial charge in [-0.3, -0.25) is 14.4 Å². The normalized spacial score (nSPS) is 14.6. The molecule has 0 spiro atoms. The van der Waals surface area contributed by atoms with Gasteiger partial charge in [-0.1, -0.05) is 100 Å². The average Bonchev–Trinajstić information content (AvgIpc) is 2.85. The molecule has 0 N–H and O–H groups in total. The van der Waals surface area contributed by atoms with Gasteiger partial charge in [0, 0.05) is 0 Å². The van der Waals surface area contributed by atoms with E-state index in [1.54, 1.807) is 48.5 Å². The number of unbranched alkanes of at least 4 members (excludes halogenated alkanes) is 2. The molecule has 5 heteroatoms. The molecule has 2 aromatic rings. The fourth-order valence-electron chi connectivity index (χ4n) is 4.45. The van der Waals surface area contributed by atoms with Crippen LogP contribution in [0.2, 0.25) is 0 Å². The molecule has 0 radical (unpaired) electrons. The summed E-state index contributed by atoms with van der Waals surface area (Å²) in [4.78, 5) is 41.6. The quantitative estimate of drug-likeness (QED) is 0.338. The number of Topliss-reactive ketones (excluding diaryl/α,β-unsaturated/α-hetero) is 1. The lowest BCUT2D eigenvalue weighted by Gasteiger charge is -2.39. The molecular weight excluding hydrogens is 404 g/mol. The van der Waals surface area contributed by atoms with Crippen LogP contribution in [-0.2, 0) is 34.7 Å². The van der Waals surface area contributed by atoms with Gasteiger partial charge in [0.25, 0.3) is 0 Å². The van der Waals surface area contributed by atoms with E-state index in [0.29, 0.717) is 24.0 Å². The Kier molecular flexibility index (Phi) is 9.18. The molecule has 0 aliphatic rings. The standard InChI is InChI=1S/C27H34O5/c1-5-7-19-26(24(29)31-3,21-15-11-9-12-16-21)23(28)27(20-8-6-2,25(30)32-4)22-17-13-10-14-18-22/h9-18H,5-8,19-20H2,1-4H3. The van der Waals surface area contributed by atoms with Crippen molar-refractivity contribution in [2.24, 2.45) is 0 Å². The molecular formula is C27H34O5. The van der Waals surface area contributed by atoms with Crippen LogP contribution in [0.3, 0.4) is 0 Å². The summed E-state index contributed by atoms with van der Waals surface area (Å²) >= 11 is 0. The molecule has 0 saturated heterocycles. The number of rotatable bonds is 12. The van der Waals surface area contributed by atoms with Crippen LogP contribution in [0.15, 0.2) is 60.7 Å². The largest absolute Gasteiger partial charge is 0.468 e. The summed E-state index contributed by atoms with van der Waals surface area (Å²) in [6.07, 6.45) is 3.30. The Morgan fingerprint density at radius 2 is 1.00 bits per heavy atom. The molecule has 5 nitrogen and oxygen atoms in total. The van der Waals surface area contributed by atoms with Gasteiger partial charge in [0.05, 0.1) is 14.2 Å². The van der Waals surface area contributed by atoms with Gasteiger partial charge in [-0.2, -0.15) is 0 Å². The van der Waals surface area contributed by atoms with Gasteiger partial charge >= 0.3 is 11.9 Å². The Hall–Kier alpha value is -2.95. The average molecular weight is 439 g/mol. The molecule has 0 amide bonds. The highest BCUT2D eigenvalue weighted by Crippen LogP contribution is 2.44. The molecule has 2 unspecified atom stereocenters. The zero-order valence-corrected chi connectivity index (χ0v) is 19.6. The third-order valence-corrected chi connectivity index (χ3v) is 6.19. The minimum atomic E-state index is -1.62. The molecule has 2 rings (SSSR count). The van der Waals surface area contributed by atoms with Crippen LogP contribution in [0.5, 0.6) is 0 Å². The highest BCUT2D eigenvalue weighted by atomic mass is 16.5. The molecule has 0 saturated carbocycles. The number of ketones is 1. The van der Waals surface area contributed by atoms with Crippen LogP contribution < -0.4 is 0 Å². The summed E-state index contributed by atoms with van der Waals surface area (Å²) in [6.45, 7) is 4.00. The third-order valence-electron chi connectivity index (χ3n) is 6.19. The number of carbonyl (C=O) groups excluding carboxylic acids is 3. The van der Waals surface area contributed by atoms with E-state index in [4.69, 9.17) is 9.47 Å². The van der Waals surface area contributed by atoms with Crippen molar-refractivity contribution >= 4 is 17.7 Å². The third kappa shape index (κ3) is 4.62. The van der Waals surface area contributed by atoms with E-state index in [2.05, 4.69) is 0 Å². The summed E-state index contributed by atoms with van der Waals surface area (Å²) in [7, 11) is 2.57. The molecule has 2 aromatic carbocycles. The van der Waals surface area contributed by atoms with E-state index in [-0.39, 0.29) is 12.8 Å². The number of carbonyl (C=O) groups is 3. The summed E-state index contributed by atoms with van der Waals surface area (Å²) in [5, 5.41) is 0. The molecule has 172 valence electrons. The smallest absolute Gasteiger partial charge is 0.323 e. The van der Waals surface area contributed by atoms with Gasteiger partial charge in [0.1, 0.15) is 0 Å². The first-order chi connectivity index (χ1) is 15.4. The number of benzene rings is 2. The Bertz CT molecular complexity index is 819. The molecule has 0 aliphatic carbocycles. The Balaban J connectivity index is 2.90. The van der Waals surface area contributed by atoms with Crippen molar-refractivity contribution in [1.29, 1.82) is 0 Å². The molecule has 0 bridgehead atoms. The number of hydrogen-bond donors (Lipinski definition) is 0. The van der Waals surface area contributed by atoms with Crippen molar-refractivity contribution in [3.8, 4) is 0 Å². The Labute approximate surface area is 191 Å². The Morgan fingerprint density at radius 3 is 1.28 bits per heavy atom. The van der Waals surface area contributed by atoms with E-state index in [9.17, 15) is 14.4 Å². The van der Waals surface area contributed by atoms with Crippen molar-refractivity contribution in [2.45, 2.75) is 63.2 Å². The summed E-state index contributed by atoms with van der Waals surface area (Å²) in [6, 6.07) is 17.9. The maximum Gasteiger partial charge on any atom is 0.323 e. The number of hydrogen-bond acceptors (Lipinski definition) is 5. The first kappa shape index (κ1) is 25.3. The van der Waals surface area contributed by atoms with Crippen LogP contribution in [-0.4, -0.2) is 31.9 Å². The molecule has 0 fully saturated rings. The predicted octanol–water partition coefficient (Wildman–Crippen LogP) is 5.16. The van der Waals surface area contributed by atoms with E-state index in [1.807, 2.05) is 26.0 Å². The zero-order valence-electron chi connectivity index (χ0n) is 19.6. The number of methoxy groups -OCH3 is 2. The molecule has 0 aliphatic heterocycles. The summed E-state index contributed by atoms with van der Waals surface area (Å²) in [5.41, 5.74) is -2.18. The minimum Gasteiger partial charge on any atom is -0.468 e. The highest BCUT2D eigenvalue weighted by molar-refractivity contribution is 6.22. The van der Waals surface area contributed by atoms with Crippen LogP contribution in [0.1, 0.15) is 63.5 Å². The minimum absolute atomic E-state index is 0.247. The van der Waals surface area contributed by atoms with E-state index < -0.39 is 28.6 Å². The maximum atomic E-state index is 14.7. The molecule has 2 atom stereocenters. The first-order valence-corrected chi connectivity index (χ1v) is 11.3. The van der Waals surface area contributed by atoms with Gasteiger partial charge in [0.2, 0.25) is 0 Å². The van der Waals surface area contributed by atoms with Gasteiger partial charge in [0.15, 0.2) is 16.6 Å². The van der Waals surface area contributed by atoms with E-state index in [1.165, 1.54) is 14.2 Å². The molecule has 0 aromatic heterocycles. The second-order valence-electron chi connectivity index (χ2n) is 8.06. The second kappa shape index (κ2) is 11.6. The summed E-state index contributed by atoms with van der Waals surface area (Å²) < 4.78 is 10.5. The maximum absolute atomic E-state index is 14.7. The monoisotopic (exact) mass is 438 g/mol. The summed E-state index contributed by atoms with van der Waals surface area (Å²) in [5.74, 6) is -1.78. The zero-order chi connectivity index (χ0) is 23.6. The van der Waals surface area contributed by atoms with Crippen LogP contribution in [0.25, 0.3) is 0 Å². The van der Waals surface area contributed by atoms with Crippen molar-refractivity contribution in [1.82, 2.24) is 0 Å². The lowest BCUT2D eigenvalue weighted by molar-refractivity contribution is -0.160. The SMILES string of the molecule is CCCCC(C(=O)OC)(C(=O)C(CCCC)(C(=O)OC)c1ccccc1)c1ccccc1. The van der Waals surface area contributed by atoms with Crippen molar-refractivity contribution in [2.75, 3.05) is 14.2 Å². The molecule has 0 heterocycles. The fraction of sp³-hybridized carbons (Fsp3) is 0.444. The van der Waals surface area contributed by atoms with Gasteiger partial charge < -0.3 is 9.47 Å². The lowest BCUT2D eigenvalue weighted by Crippen LogP contribution is -2.57. The van der Waals surface area contributed by atoms with Gasteiger partial charge in [-0.15, -0.1) is 0 Å². The second-order valence-corrected chi connectivity index (χ2v) is 8.06. The fourth-order valence-corrected chi connectivity index (χ4v) is 4.45. The van der Waals surface area contributed by atoms with Crippen LogP contribution in [0, 0.1) is 0 Å². The Morgan fingerprint density at radius 1 is 0.656 bits per heavy atom. The van der Waals surface area contributed by atoms with E-state index >= 15 is 0 Å². The van der Waals surface area contributed by atoms with Crippen molar-refractivity contribution in [3.05, 3.63) is 71.8 Å². The number of esters is 2. The lowest BCUT2D eigenvalue weighted by atomic mass is 9.60. The van der Waals surface area contributed by atoms with E-state index in [0.717, 1.165) is 12.8 Å². The number of ether oxygens (including phenoxy) is 2. The highest BCUT2D eigenvalue weighted by Gasteiger charge is 2.60. The van der Waals surface area contributed by atoms with Crippen LogP contribution >= 0.6 is 0 Å². The van der Waals surface area contributed by atoms with Gasteiger partial charge in [-0.05, 0) is 24.0 Å². The first-order valence-electron chi connectivity index (χ1n) is 11.3. The predicted molar refractivity (Wildman–Crippen MR) is 124 cm³/mol. The van der Waals surface area contributed by atoms with Crippen molar-refractivity contribution in [3.63, 3.8) is 0 Å². The van der Waals surface area contributed by atoms with Crippen LogP contribution in [0.4, 0.5) is 0 Å².